The molecule has 0 aliphatic heterocycles. The zero-order chi connectivity index (χ0) is 11.7. The lowest BCUT2D eigenvalue weighted by Gasteiger charge is -2.33. The minimum atomic E-state index is -3.33. The van der Waals surface area contributed by atoms with Gasteiger partial charge in [0.05, 0.1) is 6.54 Å². The highest BCUT2D eigenvalue weighted by Gasteiger charge is 2.49. The number of hydrogen-bond acceptors (Lipinski definition) is 2. The molecule has 0 spiro atoms. The molecule has 0 fully saturated rings. The van der Waals surface area contributed by atoms with Crippen LogP contribution < -0.4 is 5.73 Å². The highest BCUT2D eigenvalue weighted by molar-refractivity contribution is 5.32. The molecular weight excluding hydrogens is 200 g/mol. The van der Waals surface area contributed by atoms with Crippen molar-refractivity contribution in [2.24, 2.45) is 5.73 Å². The van der Waals surface area contributed by atoms with Crippen molar-refractivity contribution >= 4 is 0 Å². The Hall–Kier alpha value is -1.00. The molecule has 1 aromatic carbocycles. The Morgan fingerprint density at radius 3 is 2.33 bits per heavy atom. The van der Waals surface area contributed by atoms with Crippen LogP contribution in [0.2, 0.25) is 0 Å². The number of aryl methyl sites for hydroxylation is 1. The van der Waals surface area contributed by atoms with E-state index >= 15 is 0 Å². The summed E-state index contributed by atoms with van der Waals surface area (Å²) in [7, 11) is 0. The molecule has 3 N–H and O–H groups in total. The van der Waals surface area contributed by atoms with Gasteiger partial charge >= 0.3 is 0 Å². The third-order valence-electron chi connectivity index (χ3n) is 2.64. The van der Waals surface area contributed by atoms with Gasteiger partial charge in [0.1, 0.15) is 0 Å². The van der Waals surface area contributed by atoms with Gasteiger partial charge in [0.15, 0.2) is 5.60 Å². The highest BCUT2D eigenvalue weighted by Crippen LogP contribution is 2.37. The molecule has 0 aliphatic rings. The van der Waals surface area contributed by atoms with Crippen molar-refractivity contribution in [3.63, 3.8) is 0 Å². The number of rotatable bonds is 3. The van der Waals surface area contributed by atoms with Gasteiger partial charge in [-0.2, -0.15) is 0 Å². The monoisotopic (exact) mass is 215 g/mol. The van der Waals surface area contributed by atoms with Crippen LogP contribution in [0.25, 0.3) is 0 Å². The maximum Gasteiger partial charge on any atom is 0.291 e. The first-order chi connectivity index (χ1) is 6.83. The molecule has 0 heterocycles. The Balaban J connectivity index is 3.22. The number of aliphatic hydroxyl groups is 1. The van der Waals surface area contributed by atoms with Crippen molar-refractivity contribution in [2.75, 3.05) is 6.54 Å². The Morgan fingerprint density at radius 1 is 1.33 bits per heavy atom. The van der Waals surface area contributed by atoms with Crippen molar-refractivity contribution in [3.8, 4) is 0 Å². The molecule has 1 unspecified atom stereocenters. The Kier molecular flexibility index (Phi) is 3.11. The van der Waals surface area contributed by atoms with Crippen LogP contribution >= 0.6 is 0 Å². The zero-order valence-electron chi connectivity index (χ0n) is 8.80. The summed E-state index contributed by atoms with van der Waals surface area (Å²) in [5.74, 6) is -3.33. The summed E-state index contributed by atoms with van der Waals surface area (Å²) in [6, 6.07) is 6.51. The van der Waals surface area contributed by atoms with Crippen LogP contribution in [0.5, 0.6) is 0 Å². The van der Waals surface area contributed by atoms with Crippen molar-refractivity contribution in [1.29, 1.82) is 0 Å². The van der Waals surface area contributed by atoms with Crippen molar-refractivity contribution in [3.05, 3.63) is 35.4 Å². The normalized spacial score (nSPS) is 16.1. The second-order valence-corrected chi connectivity index (χ2v) is 3.80. The first kappa shape index (κ1) is 12.1. The summed E-state index contributed by atoms with van der Waals surface area (Å²) < 4.78 is 26.8. The van der Waals surface area contributed by atoms with Gasteiger partial charge < -0.3 is 10.8 Å². The van der Waals surface area contributed by atoms with E-state index in [0.29, 0.717) is 5.56 Å². The second kappa shape index (κ2) is 3.87. The molecule has 1 aromatic rings. The van der Waals surface area contributed by atoms with Gasteiger partial charge in [0.25, 0.3) is 5.92 Å². The lowest BCUT2D eigenvalue weighted by molar-refractivity contribution is -0.170. The summed E-state index contributed by atoms with van der Waals surface area (Å²) in [6.07, 6.45) is 0. The molecule has 0 saturated carbocycles. The molecule has 0 aliphatic carbocycles. The van der Waals surface area contributed by atoms with Crippen molar-refractivity contribution in [2.45, 2.75) is 25.4 Å². The fourth-order valence-electron chi connectivity index (χ4n) is 1.51. The van der Waals surface area contributed by atoms with Crippen LogP contribution in [0.3, 0.4) is 0 Å². The molecule has 0 aromatic heterocycles. The first-order valence-corrected chi connectivity index (χ1v) is 4.69. The molecule has 0 bridgehead atoms. The molecule has 4 heteroatoms. The van der Waals surface area contributed by atoms with E-state index in [4.69, 9.17) is 5.73 Å². The summed E-state index contributed by atoms with van der Waals surface area (Å²) in [5, 5.41) is 9.86. The van der Waals surface area contributed by atoms with Crippen LogP contribution in [-0.2, 0) is 5.60 Å². The fraction of sp³-hybridized carbons (Fsp3) is 0.455. The van der Waals surface area contributed by atoms with E-state index in [1.807, 2.05) is 0 Å². The van der Waals surface area contributed by atoms with E-state index in [2.05, 4.69) is 0 Å². The topological polar surface area (TPSA) is 46.2 Å². The maximum atomic E-state index is 13.4. The molecule has 0 amide bonds. The average Bonchev–Trinajstić information content (AvgIpc) is 2.18. The predicted molar refractivity (Wildman–Crippen MR) is 54.8 cm³/mol. The SMILES string of the molecule is Cc1ccccc1C(C)(O)C(F)(F)CN. The minimum Gasteiger partial charge on any atom is -0.379 e. The number of hydrogen-bond donors (Lipinski definition) is 2. The second-order valence-electron chi connectivity index (χ2n) is 3.80. The summed E-state index contributed by atoms with van der Waals surface area (Å²) in [5.41, 5.74) is 3.57. The van der Waals surface area contributed by atoms with Crippen LogP contribution in [0.15, 0.2) is 24.3 Å². The number of benzene rings is 1. The molecule has 0 saturated heterocycles. The Morgan fingerprint density at radius 2 is 1.87 bits per heavy atom. The van der Waals surface area contributed by atoms with Gasteiger partial charge in [-0.1, -0.05) is 24.3 Å². The molecular formula is C11H15F2NO. The van der Waals surface area contributed by atoms with Gasteiger partial charge in [-0.15, -0.1) is 0 Å². The quantitative estimate of drug-likeness (QED) is 0.807. The van der Waals surface area contributed by atoms with Crippen molar-refractivity contribution < 1.29 is 13.9 Å². The van der Waals surface area contributed by atoms with E-state index in [-0.39, 0.29) is 5.56 Å². The lowest BCUT2D eigenvalue weighted by atomic mass is 9.86. The van der Waals surface area contributed by atoms with Crippen molar-refractivity contribution in [1.82, 2.24) is 0 Å². The first-order valence-electron chi connectivity index (χ1n) is 4.69. The Bertz CT molecular complexity index is 350. The van der Waals surface area contributed by atoms with E-state index in [9.17, 15) is 13.9 Å². The molecule has 0 radical (unpaired) electrons. The van der Waals surface area contributed by atoms with Gasteiger partial charge in [0.2, 0.25) is 0 Å². The molecule has 84 valence electrons. The third-order valence-corrected chi connectivity index (χ3v) is 2.64. The van der Waals surface area contributed by atoms with Crippen LogP contribution in [0, 0.1) is 6.92 Å². The molecule has 1 rings (SSSR count). The minimum absolute atomic E-state index is 0.209. The summed E-state index contributed by atoms with van der Waals surface area (Å²) in [6.45, 7) is 1.88. The maximum absolute atomic E-state index is 13.4. The highest BCUT2D eigenvalue weighted by atomic mass is 19.3. The Labute approximate surface area is 87.7 Å². The van der Waals surface area contributed by atoms with E-state index in [0.717, 1.165) is 6.92 Å². The van der Waals surface area contributed by atoms with Gasteiger partial charge in [-0.05, 0) is 25.0 Å². The molecule has 15 heavy (non-hydrogen) atoms. The van der Waals surface area contributed by atoms with Gasteiger partial charge in [0, 0.05) is 0 Å². The van der Waals surface area contributed by atoms with Crippen LogP contribution in [-0.4, -0.2) is 17.6 Å². The summed E-state index contributed by atoms with van der Waals surface area (Å²) in [4.78, 5) is 0. The number of alkyl halides is 2. The lowest BCUT2D eigenvalue weighted by Crippen LogP contribution is -2.48. The fourth-order valence-corrected chi connectivity index (χ4v) is 1.51. The predicted octanol–water partition coefficient (Wildman–Crippen LogP) is 1.80. The molecule has 1 atom stereocenters. The van der Waals surface area contributed by atoms with Gasteiger partial charge in [-0.25, -0.2) is 8.78 Å². The van der Waals surface area contributed by atoms with E-state index < -0.39 is 18.1 Å². The van der Waals surface area contributed by atoms with Gasteiger partial charge in [-0.3, -0.25) is 0 Å². The van der Waals surface area contributed by atoms with E-state index in [1.54, 1.807) is 25.1 Å². The molecule has 2 nitrogen and oxygen atoms in total. The number of halogens is 2. The smallest absolute Gasteiger partial charge is 0.291 e. The average molecular weight is 215 g/mol. The largest absolute Gasteiger partial charge is 0.379 e. The van der Waals surface area contributed by atoms with Crippen LogP contribution in [0.1, 0.15) is 18.1 Å². The standard InChI is InChI=1S/C11H15F2NO/c1-8-5-3-4-6-9(8)10(2,15)11(12,13)7-14/h3-6,15H,7,14H2,1-2H3. The van der Waals surface area contributed by atoms with E-state index in [1.165, 1.54) is 6.07 Å². The number of nitrogens with two attached hydrogens (primary N) is 1. The van der Waals surface area contributed by atoms with Crippen LogP contribution in [0.4, 0.5) is 8.78 Å². The third kappa shape index (κ3) is 2.01. The zero-order valence-corrected chi connectivity index (χ0v) is 8.80. The summed E-state index contributed by atoms with van der Waals surface area (Å²) >= 11 is 0.